The van der Waals surface area contributed by atoms with Gasteiger partial charge < -0.3 is 15.4 Å². The number of ether oxygens (including phenoxy) is 1. The summed E-state index contributed by atoms with van der Waals surface area (Å²) in [5.74, 6) is 0.496. The molecular weight excluding hydrogens is 379 g/mol. The van der Waals surface area contributed by atoms with Gasteiger partial charge in [0, 0.05) is 18.7 Å². The zero-order valence-electron chi connectivity index (χ0n) is 16.2. The van der Waals surface area contributed by atoms with Crippen LogP contribution in [-0.2, 0) is 17.8 Å². The van der Waals surface area contributed by atoms with Crippen molar-refractivity contribution in [3.8, 4) is 5.75 Å². The van der Waals surface area contributed by atoms with Crippen molar-refractivity contribution >= 4 is 18.3 Å². The summed E-state index contributed by atoms with van der Waals surface area (Å²) >= 11 is 0. The standard InChI is InChI=1S/C22H27FN2O2.ClH/c1-27-20-7-3-2-6-18(20)16-25(21(26)22(24)13-4-5-14-22)15-12-17-8-10-19(23)11-9-17;/h2-3,6-11H,4-5,12-16,24H2,1H3;1H. The Morgan fingerprint density at radius 3 is 2.43 bits per heavy atom. The molecule has 0 spiro atoms. The summed E-state index contributed by atoms with van der Waals surface area (Å²) < 4.78 is 18.6. The lowest BCUT2D eigenvalue weighted by Gasteiger charge is -2.32. The number of para-hydroxylation sites is 1. The number of halogens is 2. The van der Waals surface area contributed by atoms with Crippen LogP contribution in [0.5, 0.6) is 5.75 Å². The molecule has 4 nitrogen and oxygen atoms in total. The van der Waals surface area contributed by atoms with E-state index < -0.39 is 5.54 Å². The van der Waals surface area contributed by atoms with Crippen LogP contribution in [0, 0.1) is 5.82 Å². The van der Waals surface area contributed by atoms with E-state index in [1.165, 1.54) is 12.1 Å². The van der Waals surface area contributed by atoms with Crippen molar-refractivity contribution in [2.75, 3.05) is 13.7 Å². The van der Waals surface area contributed by atoms with E-state index in [-0.39, 0.29) is 24.1 Å². The van der Waals surface area contributed by atoms with Crippen molar-refractivity contribution in [1.29, 1.82) is 0 Å². The lowest BCUT2D eigenvalue weighted by molar-refractivity contribution is -0.137. The molecule has 0 bridgehead atoms. The van der Waals surface area contributed by atoms with Gasteiger partial charge in [0.1, 0.15) is 11.6 Å². The molecule has 0 aliphatic heterocycles. The number of benzene rings is 2. The van der Waals surface area contributed by atoms with Crippen LogP contribution in [0.2, 0.25) is 0 Å². The van der Waals surface area contributed by atoms with E-state index in [0.29, 0.717) is 19.5 Å². The number of hydrogen-bond acceptors (Lipinski definition) is 3. The average molecular weight is 407 g/mol. The van der Waals surface area contributed by atoms with E-state index in [4.69, 9.17) is 10.5 Å². The molecule has 1 aliphatic rings. The Balaban J connectivity index is 0.00000280. The van der Waals surface area contributed by atoms with Crippen molar-refractivity contribution in [3.63, 3.8) is 0 Å². The van der Waals surface area contributed by atoms with Crippen molar-refractivity contribution in [1.82, 2.24) is 4.90 Å². The second-order valence-electron chi connectivity index (χ2n) is 7.28. The molecule has 6 heteroatoms. The minimum absolute atomic E-state index is 0. The average Bonchev–Trinajstić information content (AvgIpc) is 3.14. The number of nitrogens with zero attached hydrogens (tertiary/aromatic N) is 1. The van der Waals surface area contributed by atoms with Crippen LogP contribution < -0.4 is 10.5 Å². The monoisotopic (exact) mass is 406 g/mol. The highest BCUT2D eigenvalue weighted by atomic mass is 35.5. The Labute approximate surface area is 172 Å². The first-order valence-electron chi connectivity index (χ1n) is 9.46. The minimum atomic E-state index is -0.773. The second-order valence-corrected chi connectivity index (χ2v) is 7.28. The predicted octanol–water partition coefficient (Wildman–Crippen LogP) is 4.10. The third-order valence-corrected chi connectivity index (χ3v) is 5.35. The number of rotatable bonds is 7. The van der Waals surface area contributed by atoms with Gasteiger partial charge in [-0.05, 0) is 43.0 Å². The summed E-state index contributed by atoms with van der Waals surface area (Å²) in [6.07, 6.45) is 4.08. The molecule has 1 saturated carbocycles. The normalized spacial score (nSPS) is 15.0. The lowest BCUT2D eigenvalue weighted by atomic mass is 9.96. The first kappa shape index (κ1) is 22.2. The van der Waals surface area contributed by atoms with Gasteiger partial charge >= 0.3 is 0 Å². The summed E-state index contributed by atoms with van der Waals surface area (Å²) in [6.45, 7) is 0.977. The molecule has 28 heavy (non-hydrogen) atoms. The van der Waals surface area contributed by atoms with Gasteiger partial charge in [-0.25, -0.2) is 4.39 Å². The lowest BCUT2D eigenvalue weighted by Crippen LogP contribution is -2.53. The molecule has 1 aliphatic carbocycles. The van der Waals surface area contributed by atoms with Crippen LogP contribution in [0.15, 0.2) is 48.5 Å². The van der Waals surface area contributed by atoms with Crippen LogP contribution >= 0.6 is 12.4 Å². The zero-order valence-corrected chi connectivity index (χ0v) is 17.0. The largest absolute Gasteiger partial charge is 0.496 e. The fourth-order valence-corrected chi connectivity index (χ4v) is 3.74. The topological polar surface area (TPSA) is 55.6 Å². The summed E-state index contributed by atoms with van der Waals surface area (Å²) in [5.41, 5.74) is 7.62. The quantitative estimate of drug-likeness (QED) is 0.753. The van der Waals surface area contributed by atoms with Crippen molar-refractivity contribution in [2.24, 2.45) is 5.73 Å². The highest BCUT2D eigenvalue weighted by Crippen LogP contribution is 2.30. The molecule has 0 heterocycles. The Morgan fingerprint density at radius 1 is 1.14 bits per heavy atom. The Kier molecular flexibility index (Phi) is 7.84. The molecule has 2 aromatic rings. The SMILES string of the molecule is COc1ccccc1CN(CCc1ccc(F)cc1)C(=O)C1(N)CCCC1.Cl. The summed E-state index contributed by atoms with van der Waals surface area (Å²) in [6, 6.07) is 14.1. The third-order valence-electron chi connectivity index (χ3n) is 5.35. The Bertz CT molecular complexity index is 776. The van der Waals surface area contributed by atoms with Crippen LogP contribution in [0.1, 0.15) is 36.8 Å². The molecule has 0 unspecified atom stereocenters. The van der Waals surface area contributed by atoms with Gasteiger partial charge in [0.05, 0.1) is 12.6 Å². The summed E-state index contributed by atoms with van der Waals surface area (Å²) in [7, 11) is 1.63. The fourth-order valence-electron chi connectivity index (χ4n) is 3.74. The third kappa shape index (κ3) is 5.24. The highest BCUT2D eigenvalue weighted by Gasteiger charge is 2.39. The maximum atomic E-state index is 13.2. The smallest absolute Gasteiger partial charge is 0.242 e. The van der Waals surface area contributed by atoms with Gasteiger partial charge in [-0.2, -0.15) is 0 Å². The number of methoxy groups -OCH3 is 1. The van der Waals surface area contributed by atoms with E-state index in [9.17, 15) is 9.18 Å². The van der Waals surface area contributed by atoms with Crippen LogP contribution in [0.4, 0.5) is 4.39 Å². The van der Waals surface area contributed by atoms with Gasteiger partial charge in [0.2, 0.25) is 5.91 Å². The van der Waals surface area contributed by atoms with Crippen LogP contribution in [0.25, 0.3) is 0 Å². The van der Waals surface area contributed by atoms with E-state index in [2.05, 4.69) is 0 Å². The fraction of sp³-hybridized carbons (Fsp3) is 0.409. The molecule has 3 rings (SSSR count). The first-order valence-corrected chi connectivity index (χ1v) is 9.46. The molecule has 0 saturated heterocycles. The van der Waals surface area contributed by atoms with Crippen molar-refractivity contribution in [2.45, 2.75) is 44.2 Å². The highest BCUT2D eigenvalue weighted by molar-refractivity contribution is 5.86. The van der Waals surface area contributed by atoms with Crippen molar-refractivity contribution in [3.05, 3.63) is 65.5 Å². The number of nitrogens with two attached hydrogens (primary N) is 1. The minimum Gasteiger partial charge on any atom is -0.496 e. The van der Waals surface area contributed by atoms with Gasteiger partial charge in [0.25, 0.3) is 0 Å². The summed E-state index contributed by atoms with van der Waals surface area (Å²) in [4.78, 5) is 15.1. The molecular formula is C22H28ClFN2O2. The molecule has 1 amide bonds. The molecule has 2 N–H and O–H groups in total. The van der Waals surface area contributed by atoms with Gasteiger partial charge in [-0.1, -0.05) is 43.2 Å². The number of amides is 1. The number of hydrogen-bond donors (Lipinski definition) is 1. The molecule has 0 radical (unpaired) electrons. The molecule has 0 atom stereocenters. The van der Waals surface area contributed by atoms with Gasteiger partial charge in [-0.15, -0.1) is 12.4 Å². The number of carbonyl (C=O) groups is 1. The van der Waals surface area contributed by atoms with Crippen LogP contribution in [-0.4, -0.2) is 30.0 Å². The summed E-state index contributed by atoms with van der Waals surface area (Å²) in [5, 5.41) is 0. The molecule has 0 aromatic heterocycles. The maximum Gasteiger partial charge on any atom is 0.242 e. The first-order chi connectivity index (χ1) is 13.0. The second kappa shape index (κ2) is 9.89. The van der Waals surface area contributed by atoms with Crippen molar-refractivity contribution < 1.29 is 13.9 Å². The van der Waals surface area contributed by atoms with Gasteiger partial charge in [0.15, 0.2) is 0 Å². The van der Waals surface area contributed by atoms with Gasteiger partial charge in [-0.3, -0.25) is 4.79 Å². The Morgan fingerprint density at radius 2 is 1.79 bits per heavy atom. The zero-order chi connectivity index (χ0) is 19.3. The predicted molar refractivity (Wildman–Crippen MR) is 111 cm³/mol. The Hall–Kier alpha value is -2.11. The molecule has 2 aromatic carbocycles. The van der Waals surface area contributed by atoms with E-state index >= 15 is 0 Å². The molecule has 1 fully saturated rings. The van der Waals surface area contributed by atoms with E-state index in [1.54, 1.807) is 19.2 Å². The maximum absolute atomic E-state index is 13.2. The number of carbonyl (C=O) groups excluding carboxylic acids is 1. The van der Waals surface area contributed by atoms with E-state index in [0.717, 1.165) is 42.6 Å². The van der Waals surface area contributed by atoms with Crippen LogP contribution in [0.3, 0.4) is 0 Å². The molecule has 152 valence electrons. The van der Waals surface area contributed by atoms with E-state index in [1.807, 2.05) is 29.2 Å².